The first-order chi connectivity index (χ1) is 13.4. The first-order valence-corrected chi connectivity index (χ1v) is 9.40. The van der Waals surface area contributed by atoms with Crippen molar-refractivity contribution in [1.82, 2.24) is 25.8 Å². The summed E-state index contributed by atoms with van der Waals surface area (Å²) in [4.78, 5) is 28.0. The largest absolute Gasteiger partial charge is 0.446 e. The van der Waals surface area contributed by atoms with Crippen LogP contribution in [0.4, 0.5) is 16.4 Å². The fourth-order valence-electron chi connectivity index (χ4n) is 3.88. The van der Waals surface area contributed by atoms with E-state index in [1.54, 1.807) is 19.2 Å². The Hall–Kier alpha value is -3.10. The fraction of sp³-hybridized carbons (Fsp3) is 0.474. The van der Waals surface area contributed by atoms with Crippen LogP contribution >= 0.6 is 0 Å². The van der Waals surface area contributed by atoms with Crippen molar-refractivity contribution in [3.8, 4) is 0 Å². The second-order valence-electron chi connectivity index (χ2n) is 7.79. The number of nitrogens with zero attached hydrogens (tertiary/aromatic N) is 2. The van der Waals surface area contributed by atoms with E-state index in [0.717, 1.165) is 30.7 Å². The number of anilines is 2. The summed E-state index contributed by atoms with van der Waals surface area (Å²) in [6, 6.07) is 5.51. The average Bonchev–Trinajstić information content (AvgIpc) is 3.34. The van der Waals surface area contributed by atoms with Crippen molar-refractivity contribution in [3.63, 3.8) is 0 Å². The van der Waals surface area contributed by atoms with Crippen molar-refractivity contribution in [2.45, 2.75) is 50.7 Å². The number of hydrogen-bond acceptors (Lipinski definition) is 6. The van der Waals surface area contributed by atoms with Crippen LogP contribution in [0.1, 0.15) is 60.8 Å². The molecule has 1 saturated carbocycles. The van der Waals surface area contributed by atoms with Crippen molar-refractivity contribution in [1.29, 1.82) is 0 Å². The third-order valence-corrected chi connectivity index (χ3v) is 5.31. The van der Waals surface area contributed by atoms with E-state index in [4.69, 9.17) is 4.74 Å². The van der Waals surface area contributed by atoms with Crippen molar-refractivity contribution < 1.29 is 14.3 Å². The van der Waals surface area contributed by atoms with Crippen LogP contribution in [-0.2, 0) is 10.3 Å². The second kappa shape index (κ2) is 6.81. The first-order valence-electron chi connectivity index (χ1n) is 9.40. The van der Waals surface area contributed by atoms with E-state index in [1.807, 2.05) is 19.9 Å². The molecule has 0 saturated heterocycles. The molecule has 2 aromatic rings. The van der Waals surface area contributed by atoms with Gasteiger partial charge >= 0.3 is 6.09 Å². The Kier molecular flexibility index (Phi) is 4.44. The summed E-state index contributed by atoms with van der Waals surface area (Å²) in [5, 5.41) is 16.0. The number of hydrogen-bond donors (Lipinski definition) is 4. The number of H-pyrrole nitrogens is 1. The maximum absolute atomic E-state index is 12.0. The van der Waals surface area contributed by atoms with E-state index in [-0.39, 0.29) is 17.9 Å². The molecule has 9 nitrogen and oxygen atoms in total. The molecule has 0 aromatic carbocycles. The topological polar surface area (TPSA) is 121 Å². The molecule has 1 fully saturated rings. The SMILES string of the molecule is CNC(=O)O[C@H]1CC[C@@H](c2cc(Nc3ccc4c(n3)C(C)(C)NC4=O)n[nH]2)C1. The molecule has 1 aliphatic heterocycles. The van der Waals surface area contributed by atoms with Gasteiger partial charge in [-0.05, 0) is 45.2 Å². The zero-order valence-electron chi connectivity index (χ0n) is 16.1. The molecule has 0 spiro atoms. The van der Waals surface area contributed by atoms with Crippen LogP contribution in [0.5, 0.6) is 0 Å². The van der Waals surface area contributed by atoms with Gasteiger partial charge in [-0.1, -0.05) is 0 Å². The third kappa shape index (κ3) is 3.39. The van der Waals surface area contributed by atoms with Gasteiger partial charge in [-0.15, -0.1) is 0 Å². The summed E-state index contributed by atoms with van der Waals surface area (Å²) < 4.78 is 5.34. The minimum absolute atomic E-state index is 0.0738. The number of rotatable bonds is 4. The Morgan fingerprint density at radius 3 is 2.89 bits per heavy atom. The number of ether oxygens (including phenoxy) is 1. The van der Waals surface area contributed by atoms with Crippen LogP contribution in [-0.4, -0.2) is 40.3 Å². The number of amides is 2. The molecule has 3 heterocycles. The standard InChI is InChI=1S/C19H24N6O3/c1-19(2)16-12(17(26)23-19)6-7-14(22-16)21-15-9-13(24-25-15)10-4-5-11(8-10)28-18(27)20-3/h6-7,9-11H,4-5,8H2,1-3H3,(H,20,27)(H,23,26)(H2,21,22,24,25)/t10-,11+/m1/s1. The molecule has 2 aliphatic rings. The molecular formula is C19H24N6O3. The number of fused-ring (bicyclic) bond motifs is 1. The normalized spacial score (nSPS) is 22.5. The smallest absolute Gasteiger partial charge is 0.407 e. The van der Waals surface area contributed by atoms with Crippen molar-refractivity contribution in [2.24, 2.45) is 0 Å². The van der Waals surface area contributed by atoms with Crippen LogP contribution < -0.4 is 16.0 Å². The van der Waals surface area contributed by atoms with Crippen LogP contribution in [0, 0.1) is 0 Å². The van der Waals surface area contributed by atoms with Gasteiger partial charge in [0.2, 0.25) is 0 Å². The van der Waals surface area contributed by atoms with E-state index < -0.39 is 11.6 Å². The van der Waals surface area contributed by atoms with Crippen LogP contribution in [0.25, 0.3) is 0 Å². The quantitative estimate of drug-likeness (QED) is 0.643. The van der Waals surface area contributed by atoms with Crippen molar-refractivity contribution in [2.75, 3.05) is 12.4 Å². The summed E-state index contributed by atoms with van der Waals surface area (Å²) in [6.45, 7) is 3.86. The van der Waals surface area contributed by atoms with Gasteiger partial charge in [0.25, 0.3) is 5.91 Å². The molecule has 4 N–H and O–H groups in total. The molecule has 1 aliphatic carbocycles. The highest BCUT2D eigenvalue weighted by Gasteiger charge is 2.36. The van der Waals surface area contributed by atoms with Crippen LogP contribution in [0.3, 0.4) is 0 Å². The van der Waals surface area contributed by atoms with Crippen molar-refractivity contribution >= 4 is 23.6 Å². The summed E-state index contributed by atoms with van der Waals surface area (Å²) in [7, 11) is 1.56. The zero-order valence-corrected chi connectivity index (χ0v) is 16.1. The Balaban J connectivity index is 1.44. The molecule has 28 heavy (non-hydrogen) atoms. The molecule has 148 valence electrons. The Morgan fingerprint density at radius 1 is 1.29 bits per heavy atom. The molecule has 4 rings (SSSR count). The molecule has 2 amide bonds. The lowest BCUT2D eigenvalue weighted by Crippen LogP contribution is -2.33. The molecule has 2 aromatic heterocycles. The lowest BCUT2D eigenvalue weighted by molar-refractivity contribution is 0.0939. The summed E-state index contributed by atoms with van der Waals surface area (Å²) in [6.07, 6.45) is 2.07. The summed E-state index contributed by atoms with van der Waals surface area (Å²) in [5.41, 5.74) is 1.84. The molecular weight excluding hydrogens is 360 g/mol. The number of carbonyl (C=O) groups is 2. The number of carbonyl (C=O) groups excluding carboxylic acids is 2. The van der Waals surface area contributed by atoms with Gasteiger partial charge in [-0.2, -0.15) is 5.10 Å². The van der Waals surface area contributed by atoms with Gasteiger partial charge in [0.15, 0.2) is 5.82 Å². The number of aromatic amines is 1. The van der Waals surface area contributed by atoms with Gasteiger partial charge < -0.3 is 20.7 Å². The fourth-order valence-corrected chi connectivity index (χ4v) is 3.88. The molecule has 9 heteroatoms. The van der Waals surface area contributed by atoms with Gasteiger partial charge in [0.05, 0.1) is 16.8 Å². The van der Waals surface area contributed by atoms with E-state index in [2.05, 4.69) is 31.1 Å². The van der Waals surface area contributed by atoms with Crippen molar-refractivity contribution in [3.05, 3.63) is 35.2 Å². The Labute approximate surface area is 162 Å². The zero-order chi connectivity index (χ0) is 19.9. The monoisotopic (exact) mass is 384 g/mol. The van der Waals surface area contributed by atoms with Gasteiger partial charge in [0.1, 0.15) is 11.9 Å². The number of alkyl carbamates (subject to hydrolysis) is 1. The highest BCUT2D eigenvalue weighted by atomic mass is 16.6. The van der Waals surface area contributed by atoms with E-state index in [9.17, 15) is 9.59 Å². The predicted molar refractivity (Wildman–Crippen MR) is 103 cm³/mol. The maximum Gasteiger partial charge on any atom is 0.407 e. The highest BCUT2D eigenvalue weighted by molar-refractivity contribution is 5.99. The summed E-state index contributed by atoms with van der Waals surface area (Å²) >= 11 is 0. The molecule has 0 bridgehead atoms. The van der Waals surface area contributed by atoms with Crippen LogP contribution in [0.2, 0.25) is 0 Å². The number of aromatic nitrogens is 3. The molecule has 0 radical (unpaired) electrons. The number of pyridine rings is 1. The Bertz CT molecular complexity index is 922. The minimum atomic E-state index is -0.496. The second-order valence-corrected chi connectivity index (χ2v) is 7.79. The Morgan fingerprint density at radius 2 is 2.11 bits per heavy atom. The number of nitrogens with one attached hydrogen (secondary N) is 4. The predicted octanol–water partition coefficient (Wildman–Crippen LogP) is 2.52. The average molecular weight is 384 g/mol. The molecule has 2 atom stereocenters. The van der Waals surface area contributed by atoms with Gasteiger partial charge in [-0.25, -0.2) is 9.78 Å². The third-order valence-electron chi connectivity index (χ3n) is 5.31. The highest BCUT2D eigenvalue weighted by Crippen LogP contribution is 2.36. The summed E-state index contributed by atoms with van der Waals surface area (Å²) in [5.74, 6) is 1.46. The lowest BCUT2D eigenvalue weighted by Gasteiger charge is -2.18. The van der Waals surface area contributed by atoms with Gasteiger partial charge in [0, 0.05) is 24.7 Å². The first kappa shape index (κ1) is 18.3. The lowest BCUT2D eigenvalue weighted by atomic mass is 10.0. The van der Waals surface area contributed by atoms with Gasteiger partial charge in [-0.3, -0.25) is 9.89 Å². The van der Waals surface area contributed by atoms with E-state index >= 15 is 0 Å². The van der Waals surface area contributed by atoms with E-state index in [1.165, 1.54) is 0 Å². The molecule has 0 unspecified atom stereocenters. The van der Waals surface area contributed by atoms with E-state index in [0.29, 0.717) is 17.2 Å². The van der Waals surface area contributed by atoms with Crippen LogP contribution in [0.15, 0.2) is 18.2 Å². The maximum atomic E-state index is 12.0. The minimum Gasteiger partial charge on any atom is -0.446 e.